The quantitative estimate of drug-likeness (QED) is 0.827. The van der Waals surface area contributed by atoms with Gasteiger partial charge in [-0.1, -0.05) is 19.3 Å². The highest BCUT2D eigenvalue weighted by atomic mass is 19.4. The summed E-state index contributed by atoms with van der Waals surface area (Å²) in [5.41, 5.74) is 0. The van der Waals surface area contributed by atoms with Gasteiger partial charge in [0, 0.05) is 12.6 Å². The van der Waals surface area contributed by atoms with E-state index < -0.39 is 12.7 Å². The van der Waals surface area contributed by atoms with Crippen molar-refractivity contribution in [2.75, 3.05) is 26.2 Å². The topological polar surface area (TPSA) is 15.3 Å². The van der Waals surface area contributed by atoms with Crippen LogP contribution in [0, 0.1) is 0 Å². The van der Waals surface area contributed by atoms with Crippen molar-refractivity contribution in [3.8, 4) is 0 Å². The molecular weight excluding hydrogens is 229 g/mol. The third-order valence-electron chi connectivity index (χ3n) is 3.28. The molecule has 5 heteroatoms. The molecule has 0 aromatic rings. The molecule has 1 saturated heterocycles. The minimum Gasteiger partial charge on any atom is -0.307 e. The summed E-state index contributed by atoms with van der Waals surface area (Å²) in [7, 11) is 0. The molecule has 0 amide bonds. The van der Waals surface area contributed by atoms with E-state index in [2.05, 4.69) is 10.2 Å². The third kappa shape index (κ3) is 6.88. The van der Waals surface area contributed by atoms with Crippen LogP contribution in [0.3, 0.4) is 0 Å². The number of halogens is 3. The number of hydrogen-bond donors (Lipinski definition) is 1. The van der Waals surface area contributed by atoms with E-state index in [-0.39, 0.29) is 6.04 Å². The smallest absolute Gasteiger partial charge is 0.307 e. The Labute approximate surface area is 102 Å². The number of nitrogens with one attached hydrogen (secondary N) is 1. The molecule has 1 fully saturated rings. The molecule has 0 aromatic carbocycles. The summed E-state index contributed by atoms with van der Waals surface area (Å²) in [6, 6.07) is 0.190. The van der Waals surface area contributed by atoms with Crippen LogP contribution < -0.4 is 5.32 Å². The molecular formula is C12H23F3N2. The zero-order valence-electron chi connectivity index (χ0n) is 10.5. The minimum absolute atomic E-state index is 0.190. The fourth-order valence-electron chi connectivity index (χ4n) is 2.26. The molecule has 1 heterocycles. The Morgan fingerprint density at radius 2 is 1.59 bits per heavy atom. The van der Waals surface area contributed by atoms with Crippen LogP contribution in [0.5, 0.6) is 0 Å². The second-order valence-electron chi connectivity index (χ2n) is 4.90. The lowest BCUT2D eigenvalue weighted by Gasteiger charge is -2.30. The first-order valence-corrected chi connectivity index (χ1v) is 6.50. The summed E-state index contributed by atoms with van der Waals surface area (Å²) >= 11 is 0. The normalized spacial score (nSPS) is 21.9. The predicted octanol–water partition coefficient (Wildman–Crippen LogP) is 2.79. The molecule has 0 saturated carbocycles. The van der Waals surface area contributed by atoms with Crippen LogP contribution in [0.15, 0.2) is 0 Å². The lowest BCUT2D eigenvalue weighted by molar-refractivity contribution is -0.125. The van der Waals surface area contributed by atoms with Crippen molar-refractivity contribution in [3.05, 3.63) is 0 Å². The van der Waals surface area contributed by atoms with Crippen LogP contribution in [-0.4, -0.2) is 43.3 Å². The second-order valence-corrected chi connectivity index (χ2v) is 4.90. The summed E-state index contributed by atoms with van der Waals surface area (Å²) in [6.07, 6.45) is 2.04. The molecule has 1 aliphatic rings. The van der Waals surface area contributed by atoms with Crippen molar-refractivity contribution in [3.63, 3.8) is 0 Å². The van der Waals surface area contributed by atoms with Gasteiger partial charge in [0.2, 0.25) is 0 Å². The van der Waals surface area contributed by atoms with E-state index in [4.69, 9.17) is 0 Å². The Balaban J connectivity index is 2.22. The van der Waals surface area contributed by atoms with Gasteiger partial charge in [0.25, 0.3) is 0 Å². The van der Waals surface area contributed by atoms with Gasteiger partial charge in [-0.2, -0.15) is 13.2 Å². The van der Waals surface area contributed by atoms with Gasteiger partial charge < -0.3 is 5.32 Å². The van der Waals surface area contributed by atoms with Gasteiger partial charge in [0.15, 0.2) is 0 Å². The lowest BCUT2D eigenvalue weighted by atomic mass is 10.1. The maximum atomic E-state index is 12.0. The molecule has 0 spiro atoms. The standard InChI is InChI=1S/C12H23F3N2/c1-11(9-16-10-12(13,14)15)17-7-5-3-2-4-6-8-17/h11,16H,2-10H2,1H3. The summed E-state index contributed by atoms with van der Waals surface area (Å²) in [5, 5.41) is 2.49. The molecule has 0 aromatic heterocycles. The molecule has 102 valence electrons. The molecule has 1 atom stereocenters. The molecule has 1 aliphatic heterocycles. The van der Waals surface area contributed by atoms with Gasteiger partial charge in [-0.25, -0.2) is 0 Å². The Morgan fingerprint density at radius 3 is 2.12 bits per heavy atom. The molecule has 1 N–H and O–H groups in total. The molecule has 1 unspecified atom stereocenters. The Bertz CT molecular complexity index is 198. The van der Waals surface area contributed by atoms with Crippen LogP contribution >= 0.6 is 0 Å². The van der Waals surface area contributed by atoms with Gasteiger partial charge in [-0.05, 0) is 32.9 Å². The number of alkyl halides is 3. The van der Waals surface area contributed by atoms with Crippen molar-refractivity contribution in [1.29, 1.82) is 0 Å². The van der Waals surface area contributed by atoms with Crippen molar-refractivity contribution >= 4 is 0 Å². The number of likely N-dealkylation sites (tertiary alicyclic amines) is 1. The number of nitrogens with zero attached hydrogens (tertiary/aromatic N) is 1. The van der Waals surface area contributed by atoms with Gasteiger partial charge in [-0.15, -0.1) is 0 Å². The highest BCUT2D eigenvalue weighted by Gasteiger charge is 2.26. The van der Waals surface area contributed by atoms with E-state index >= 15 is 0 Å². The molecule has 2 nitrogen and oxygen atoms in total. The largest absolute Gasteiger partial charge is 0.401 e. The Kier molecular flexibility index (Phi) is 6.27. The van der Waals surface area contributed by atoms with Crippen LogP contribution in [0.4, 0.5) is 13.2 Å². The summed E-state index contributed by atoms with van der Waals surface area (Å²) in [5.74, 6) is 0. The highest BCUT2D eigenvalue weighted by Crippen LogP contribution is 2.14. The van der Waals surface area contributed by atoms with E-state index in [0.717, 1.165) is 13.1 Å². The molecule has 1 rings (SSSR count). The molecule has 0 aliphatic carbocycles. The molecule has 17 heavy (non-hydrogen) atoms. The van der Waals surface area contributed by atoms with Crippen LogP contribution in [-0.2, 0) is 0 Å². The Hall–Kier alpha value is -0.290. The first-order chi connectivity index (χ1) is 7.99. The first kappa shape index (κ1) is 14.8. The molecule has 0 radical (unpaired) electrons. The first-order valence-electron chi connectivity index (χ1n) is 6.50. The number of hydrogen-bond acceptors (Lipinski definition) is 2. The fourth-order valence-corrected chi connectivity index (χ4v) is 2.26. The van der Waals surface area contributed by atoms with Crippen LogP contribution in [0.1, 0.15) is 39.0 Å². The van der Waals surface area contributed by atoms with E-state index in [1.54, 1.807) is 0 Å². The summed E-state index contributed by atoms with van der Waals surface area (Å²) in [4.78, 5) is 2.31. The van der Waals surface area contributed by atoms with Crippen LogP contribution in [0.2, 0.25) is 0 Å². The average Bonchev–Trinajstić information content (AvgIpc) is 2.14. The molecule has 0 bridgehead atoms. The number of rotatable bonds is 4. The summed E-state index contributed by atoms with van der Waals surface area (Å²) < 4.78 is 36.0. The zero-order valence-corrected chi connectivity index (χ0v) is 10.5. The second kappa shape index (κ2) is 7.21. The van der Waals surface area contributed by atoms with E-state index in [9.17, 15) is 13.2 Å². The van der Waals surface area contributed by atoms with Gasteiger partial charge >= 0.3 is 6.18 Å². The fraction of sp³-hybridized carbons (Fsp3) is 1.00. The van der Waals surface area contributed by atoms with E-state index in [0.29, 0.717) is 6.54 Å². The maximum Gasteiger partial charge on any atom is 0.401 e. The van der Waals surface area contributed by atoms with Crippen molar-refractivity contribution in [1.82, 2.24) is 10.2 Å². The monoisotopic (exact) mass is 252 g/mol. The predicted molar refractivity (Wildman–Crippen MR) is 63.0 cm³/mol. The van der Waals surface area contributed by atoms with Gasteiger partial charge in [0.1, 0.15) is 0 Å². The van der Waals surface area contributed by atoms with Gasteiger partial charge in [0.05, 0.1) is 6.54 Å². The minimum atomic E-state index is -4.10. The van der Waals surface area contributed by atoms with E-state index in [1.807, 2.05) is 6.92 Å². The average molecular weight is 252 g/mol. The van der Waals surface area contributed by atoms with Gasteiger partial charge in [-0.3, -0.25) is 4.90 Å². The van der Waals surface area contributed by atoms with E-state index in [1.165, 1.54) is 32.1 Å². The third-order valence-corrected chi connectivity index (χ3v) is 3.28. The summed E-state index contributed by atoms with van der Waals surface area (Å²) in [6.45, 7) is 3.58. The highest BCUT2D eigenvalue weighted by molar-refractivity contribution is 4.72. The van der Waals surface area contributed by atoms with Crippen LogP contribution in [0.25, 0.3) is 0 Å². The van der Waals surface area contributed by atoms with Crippen molar-refractivity contribution in [2.45, 2.75) is 51.2 Å². The SMILES string of the molecule is CC(CNCC(F)(F)F)N1CCCCCCC1. The Morgan fingerprint density at radius 1 is 1.06 bits per heavy atom. The van der Waals surface area contributed by atoms with Crippen molar-refractivity contribution in [2.24, 2.45) is 0 Å². The maximum absolute atomic E-state index is 12.0. The lowest BCUT2D eigenvalue weighted by Crippen LogP contribution is -2.43. The van der Waals surface area contributed by atoms with Crippen molar-refractivity contribution < 1.29 is 13.2 Å². The zero-order chi connectivity index (χ0) is 12.7.